The number of imidazole rings is 1. The minimum Gasteiger partial charge on any atom is -0.496 e. The Morgan fingerprint density at radius 2 is 1.91 bits per heavy atom. The smallest absolute Gasteiger partial charge is 0.332 e. The number of ether oxygens (including phenoxy) is 1. The van der Waals surface area contributed by atoms with E-state index in [2.05, 4.69) is 20.1 Å². The highest BCUT2D eigenvalue weighted by Gasteiger charge is 2.17. The van der Waals surface area contributed by atoms with Gasteiger partial charge in [0, 0.05) is 36.5 Å². The third-order valence-corrected chi connectivity index (χ3v) is 5.86. The van der Waals surface area contributed by atoms with Crippen LogP contribution in [0.25, 0.3) is 11.2 Å². The summed E-state index contributed by atoms with van der Waals surface area (Å²) in [5.74, 6) is 1.59. The molecular formula is C22H24Cl2N6O4. The third kappa shape index (κ3) is 5.02. The lowest BCUT2D eigenvalue weighted by molar-refractivity contribution is 0.366. The molecule has 0 fully saturated rings. The summed E-state index contributed by atoms with van der Waals surface area (Å²) in [6.45, 7) is 2.67. The van der Waals surface area contributed by atoms with Gasteiger partial charge in [-0.2, -0.15) is 9.97 Å². The fraction of sp³-hybridized carbons (Fsp3) is 0.409. The number of benzene rings is 1. The molecule has 180 valence electrons. The predicted molar refractivity (Wildman–Crippen MR) is 128 cm³/mol. The number of nitrogens with one attached hydrogen (secondary N) is 1. The Balaban J connectivity index is 1.49. The maximum absolute atomic E-state index is 13.0. The average molecular weight is 507 g/mol. The van der Waals surface area contributed by atoms with Crippen molar-refractivity contribution in [3.05, 3.63) is 66.6 Å². The number of unbranched alkanes of at least 4 members (excludes halogenated alkanes) is 1. The van der Waals surface area contributed by atoms with E-state index in [1.54, 1.807) is 25.3 Å². The Hall–Kier alpha value is -3.11. The number of fused-ring (bicyclic) bond motifs is 1. The molecular weight excluding hydrogens is 483 g/mol. The van der Waals surface area contributed by atoms with E-state index >= 15 is 0 Å². The van der Waals surface area contributed by atoms with Crippen LogP contribution in [0.1, 0.15) is 43.5 Å². The molecule has 10 nitrogen and oxygen atoms in total. The lowest BCUT2D eigenvalue weighted by Gasteiger charge is -2.10. The van der Waals surface area contributed by atoms with Gasteiger partial charge in [0.1, 0.15) is 5.75 Å². The summed E-state index contributed by atoms with van der Waals surface area (Å²) in [6, 6.07) is 5.33. The number of aromatic nitrogens is 6. The molecule has 4 rings (SSSR count). The quantitative estimate of drug-likeness (QED) is 0.326. The predicted octanol–water partition coefficient (Wildman–Crippen LogP) is 3.61. The van der Waals surface area contributed by atoms with Crippen molar-refractivity contribution < 1.29 is 9.26 Å². The summed E-state index contributed by atoms with van der Waals surface area (Å²) >= 11 is 12.1. The zero-order valence-electron chi connectivity index (χ0n) is 18.8. The fourth-order valence-corrected chi connectivity index (χ4v) is 4.13. The Kier molecular flexibility index (Phi) is 7.38. The zero-order valence-corrected chi connectivity index (χ0v) is 20.3. The van der Waals surface area contributed by atoms with Crippen LogP contribution < -0.4 is 16.0 Å². The van der Waals surface area contributed by atoms with Crippen molar-refractivity contribution in [2.45, 2.75) is 52.1 Å². The van der Waals surface area contributed by atoms with Crippen LogP contribution in [0.3, 0.4) is 0 Å². The summed E-state index contributed by atoms with van der Waals surface area (Å²) in [5.41, 5.74) is 0.479. The lowest BCUT2D eigenvalue weighted by atomic mass is 10.1. The molecule has 12 heteroatoms. The SMILES string of the molecule is CCCCn1c(=O)n(CCCc2nc(Cc3cc(Cl)ccc3OC)no2)c(=O)c2[nH]c(Cl)nc21. The zero-order chi connectivity index (χ0) is 24.2. The molecule has 34 heavy (non-hydrogen) atoms. The molecule has 1 aromatic carbocycles. The van der Waals surface area contributed by atoms with Gasteiger partial charge in [0.15, 0.2) is 17.0 Å². The first-order valence-corrected chi connectivity index (χ1v) is 11.7. The van der Waals surface area contributed by atoms with Crippen LogP contribution in [0.2, 0.25) is 10.3 Å². The average Bonchev–Trinajstić information content (AvgIpc) is 3.42. The molecule has 0 saturated heterocycles. The van der Waals surface area contributed by atoms with Gasteiger partial charge in [-0.25, -0.2) is 4.79 Å². The van der Waals surface area contributed by atoms with Crippen molar-refractivity contribution in [2.24, 2.45) is 0 Å². The van der Waals surface area contributed by atoms with Crippen LogP contribution in [0.5, 0.6) is 5.75 Å². The molecule has 0 aliphatic heterocycles. The first-order valence-electron chi connectivity index (χ1n) is 10.9. The van der Waals surface area contributed by atoms with E-state index in [9.17, 15) is 9.59 Å². The summed E-state index contributed by atoms with van der Waals surface area (Å²) in [7, 11) is 1.58. The van der Waals surface area contributed by atoms with Crippen molar-refractivity contribution >= 4 is 34.4 Å². The molecule has 0 spiro atoms. The number of hydrogen-bond acceptors (Lipinski definition) is 7. The van der Waals surface area contributed by atoms with Gasteiger partial charge in [-0.1, -0.05) is 30.1 Å². The maximum atomic E-state index is 13.0. The Morgan fingerprint density at radius 1 is 1.12 bits per heavy atom. The van der Waals surface area contributed by atoms with E-state index < -0.39 is 11.2 Å². The molecule has 3 heterocycles. The van der Waals surface area contributed by atoms with Crippen LogP contribution in [-0.4, -0.2) is 36.4 Å². The molecule has 3 aromatic heterocycles. The molecule has 0 bridgehead atoms. The molecule has 0 atom stereocenters. The number of hydrogen-bond donors (Lipinski definition) is 1. The van der Waals surface area contributed by atoms with Crippen molar-refractivity contribution in [1.82, 2.24) is 29.2 Å². The second-order valence-electron chi connectivity index (χ2n) is 7.81. The maximum Gasteiger partial charge on any atom is 0.332 e. The number of halogens is 2. The van der Waals surface area contributed by atoms with Crippen LogP contribution >= 0.6 is 23.2 Å². The fourth-order valence-electron chi connectivity index (χ4n) is 3.76. The van der Waals surface area contributed by atoms with E-state index in [-0.39, 0.29) is 23.0 Å². The third-order valence-electron chi connectivity index (χ3n) is 5.44. The van der Waals surface area contributed by atoms with Crippen molar-refractivity contribution in [2.75, 3.05) is 7.11 Å². The van der Waals surface area contributed by atoms with Gasteiger partial charge in [-0.15, -0.1) is 0 Å². The van der Waals surface area contributed by atoms with E-state index in [1.165, 1.54) is 9.13 Å². The minimum atomic E-state index is -0.452. The largest absolute Gasteiger partial charge is 0.496 e. The minimum absolute atomic E-state index is 0.0734. The van der Waals surface area contributed by atoms with Crippen LogP contribution in [-0.2, 0) is 25.9 Å². The van der Waals surface area contributed by atoms with Gasteiger partial charge in [0.05, 0.1) is 7.11 Å². The van der Waals surface area contributed by atoms with Gasteiger partial charge < -0.3 is 14.2 Å². The molecule has 0 aliphatic carbocycles. The molecule has 4 aromatic rings. The number of methoxy groups -OCH3 is 1. The molecule has 0 aliphatic rings. The Morgan fingerprint density at radius 3 is 2.68 bits per heavy atom. The van der Waals surface area contributed by atoms with Crippen LogP contribution in [0, 0.1) is 0 Å². The summed E-state index contributed by atoms with van der Waals surface area (Å²) in [5, 5.41) is 4.68. The molecule has 0 unspecified atom stereocenters. The van der Waals surface area contributed by atoms with Crippen molar-refractivity contribution in [1.29, 1.82) is 0 Å². The standard InChI is InChI=1S/C22H24Cl2N6O4/c1-3-4-9-29-19-18(26-21(24)27-19)20(31)30(22(29)32)10-5-6-17-25-16(28-34-17)12-13-11-14(23)7-8-15(13)33-2/h7-8,11H,3-6,9-10,12H2,1-2H3,(H,26,27). The van der Waals surface area contributed by atoms with E-state index in [0.717, 1.165) is 18.4 Å². The number of aryl methyl sites for hydroxylation is 2. The van der Waals surface area contributed by atoms with E-state index in [4.69, 9.17) is 32.5 Å². The first-order chi connectivity index (χ1) is 16.4. The number of aromatic amines is 1. The van der Waals surface area contributed by atoms with Crippen molar-refractivity contribution in [3.63, 3.8) is 0 Å². The highest BCUT2D eigenvalue weighted by molar-refractivity contribution is 6.30. The Labute approximate surface area is 204 Å². The highest BCUT2D eigenvalue weighted by Crippen LogP contribution is 2.24. The molecule has 0 amide bonds. The van der Waals surface area contributed by atoms with Crippen LogP contribution in [0.15, 0.2) is 32.3 Å². The second-order valence-corrected chi connectivity index (χ2v) is 8.61. The van der Waals surface area contributed by atoms with Gasteiger partial charge in [0.25, 0.3) is 5.56 Å². The lowest BCUT2D eigenvalue weighted by Crippen LogP contribution is -2.40. The summed E-state index contributed by atoms with van der Waals surface area (Å²) in [4.78, 5) is 37.2. The van der Waals surface area contributed by atoms with Gasteiger partial charge in [-0.3, -0.25) is 13.9 Å². The van der Waals surface area contributed by atoms with Gasteiger partial charge in [-0.05, 0) is 42.6 Å². The van der Waals surface area contributed by atoms with E-state index in [0.29, 0.717) is 48.3 Å². The normalized spacial score (nSPS) is 11.4. The number of rotatable bonds is 10. The molecule has 0 saturated carbocycles. The number of H-pyrrole nitrogens is 1. The molecule has 0 radical (unpaired) electrons. The first kappa shape index (κ1) is 24.0. The summed E-state index contributed by atoms with van der Waals surface area (Å²) < 4.78 is 13.4. The van der Waals surface area contributed by atoms with Gasteiger partial charge in [0.2, 0.25) is 11.2 Å². The summed E-state index contributed by atoms with van der Waals surface area (Å²) in [6.07, 6.45) is 2.93. The monoisotopic (exact) mass is 506 g/mol. The molecule has 1 N–H and O–H groups in total. The van der Waals surface area contributed by atoms with E-state index in [1.807, 2.05) is 6.92 Å². The second kappa shape index (κ2) is 10.4. The highest BCUT2D eigenvalue weighted by atomic mass is 35.5. The van der Waals surface area contributed by atoms with Crippen LogP contribution in [0.4, 0.5) is 0 Å². The van der Waals surface area contributed by atoms with Crippen molar-refractivity contribution in [3.8, 4) is 5.75 Å². The Bertz CT molecular complexity index is 1420. The topological polar surface area (TPSA) is 121 Å². The number of nitrogens with zero attached hydrogens (tertiary/aromatic N) is 5. The van der Waals surface area contributed by atoms with Gasteiger partial charge >= 0.3 is 5.69 Å².